The molecule has 2 rings (SSSR count). The maximum atomic E-state index is 4.43. The van der Waals surface area contributed by atoms with Gasteiger partial charge in [0, 0.05) is 4.90 Å². The molecule has 0 aromatic heterocycles. The number of fused-ring (bicyclic) bond motifs is 1. The number of hydrogen-bond acceptors (Lipinski definition) is 1. The van der Waals surface area contributed by atoms with Gasteiger partial charge in [0.1, 0.15) is 0 Å². The molecule has 0 atom stereocenters. The minimum atomic E-state index is 1.21. The molecule has 0 N–H and O–H groups in total. The van der Waals surface area contributed by atoms with Crippen LogP contribution >= 0.6 is 12.6 Å². The van der Waals surface area contributed by atoms with Gasteiger partial charge in [-0.15, -0.1) is 12.6 Å². The van der Waals surface area contributed by atoms with E-state index in [1.807, 2.05) is 0 Å². The van der Waals surface area contributed by atoms with Gasteiger partial charge in [0.05, 0.1) is 0 Å². The first kappa shape index (κ1) is 6.29. The van der Waals surface area contributed by atoms with Crippen molar-refractivity contribution in [2.45, 2.75) is 24.7 Å². The lowest BCUT2D eigenvalue weighted by atomic mass is 9.87. The summed E-state index contributed by atoms with van der Waals surface area (Å²) in [5.74, 6) is 0. The van der Waals surface area contributed by atoms with Gasteiger partial charge in [-0.3, -0.25) is 0 Å². The monoisotopic (exact) mass is 150 g/mol. The fourth-order valence-electron chi connectivity index (χ4n) is 1.39. The van der Waals surface area contributed by atoms with Crippen molar-refractivity contribution in [1.82, 2.24) is 0 Å². The molecule has 52 valence electrons. The van der Waals surface area contributed by atoms with Crippen molar-refractivity contribution in [3.05, 3.63) is 28.8 Å². The van der Waals surface area contributed by atoms with Gasteiger partial charge in [0.15, 0.2) is 0 Å². The number of aryl methyl sites for hydroxylation is 2. The molecular formula is C9H10S. The molecule has 0 unspecified atom stereocenters. The first-order valence-corrected chi connectivity index (χ1v) is 4.04. The largest absolute Gasteiger partial charge is 0.143 e. The van der Waals surface area contributed by atoms with E-state index in [4.69, 9.17) is 0 Å². The Morgan fingerprint density at radius 2 is 2.10 bits per heavy atom. The zero-order valence-electron chi connectivity index (χ0n) is 6.02. The minimum absolute atomic E-state index is 1.21. The zero-order valence-corrected chi connectivity index (χ0v) is 6.91. The summed E-state index contributed by atoms with van der Waals surface area (Å²) in [6, 6.07) is 4.37. The van der Waals surface area contributed by atoms with E-state index in [0.717, 1.165) is 0 Å². The van der Waals surface area contributed by atoms with Crippen LogP contribution in [0.5, 0.6) is 0 Å². The summed E-state index contributed by atoms with van der Waals surface area (Å²) in [6.45, 7) is 2.11. The van der Waals surface area contributed by atoms with Crippen molar-refractivity contribution in [3.63, 3.8) is 0 Å². The molecule has 0 heterocycles. The third kappa shape index (κ3) is 0.702. The van der Waals surface area contributed by atoms with Gasteiger partial charge in [0.25, 0.3) is 0 Å². The Labute approximate surface area is 66.7 Å². The number of thiol groups is 1. The predicted molar refractivity (Wildman–Crippen MR) is 45.8 cm³/mol. The fourth-order valence-corrected chi connectivity index (χ4v) is 1.72. The first-order chi connectivity index (χ1) is 4.79. The average molecular weight is 150 g/mol. The molecule has 1 aliphatic carbocycles. The van der Waals surface area contributed by atoms with Crippen molar-refractivity contribution in [3.8, 4) is 0 Å². The number of benzene rings is 1. The van der Waals surface area contributed by atoms with E-state index in [2.05, 4.69) is 31.7 Å². The number of rotatable bonds is 0. The average Bonchev–Trinajstić information content (AvgIpc) is 1.82. The second-order valence-electron chi connectivity index (χ2n) is 2.87. The highest BCUT2D eigenvalue weighted by molar-refractivity contribution is 7.80. The van der Waals surface area contributed by atoms with E-state index in [-0.39, 0.29) is 0 Å². The van der Waals surface area contributed by atoms with Crippen molar-refractivity contribution in [2.24, 2.45) is 0 Å². The molecule has 0 saturated heterocycles. The lowest BCUT2D eigenvalue weighted by Gasteiger charge is -2.21. The smallest absolute Gasteiger partial charge is 0.0104 e. The van der Waals surface area contributed by atoms with Crippen LogP contribution in [0.3, 0.4) is 0 Å². The second-order valence-corrected chi connectivity index (χ2v) is 3.32. The highest BCUT2D eigenvalue weighted by Crippen LogP contribution is 2.30. The Balaban J connectivity index is 2.66. The molecule has 0 nitrogen and oxygen atoms in total. The Bertz CT molecular complexity index is 261. The summed E-state index contributed by atoms with van der Waals surface area (Å²) in [6.07, 6.45) is 2.49. The van der Waals surface area contributed by atoms with E-state index in [0.29, 0.717) is 0 Å². The van der Waals surface area contributed by atoms with Crippen LogP contribution in [-0.2, 0) is 12.8 Å². The summed E-state index contributed by atoms with van der Waals surface area (Å²) < 4.78 is 0. The topological polar surface area (TPSA) is 0 Å². The van der Waals surface area contributed by atoms with E-state index in [9.17, 15) is 0 Å². The molecule has 0 radical (unpaired) electrons. The summed E-state index contributed by atoms with van der Waals surface area (Å²) in [5.41, 5.74) is 4.28. The lowest BCUT2D eigenvalue weighted by molar-refractivity contribution is 0.806. The van der Waals surface area contributed by atoms with E-state index < -0.39 is 0 Å². The lowest BCUT2D eigenvalue weighted by Crippen LogP contribution is -2.09. The summed E-state index contributed by atoms with van der Waals surface area (Å²) in [5, 5.41) is 0. The Hall–Kier alpha value is -0.430. The van der Waals surface area contributed by atoms with Crippen LogP contribution in [0, 0.1) is 6.92 Å². The van der Waals surface area contributed by atoms with Crippen molar-refractivity contribution in [2.75, 3.05) is 0 Å². The molecule has 0 bridgehead atoms. The highest BCUT2D eigenvalue weighted by atomic mass is 32.1. The van der Waals surface area contributed by atoms with E-state index in [1.165, 1.54) is 34.4 Å². The van der Waals surface area contributed by atoms with Crippen molar-refractivity contribution in [1.29, 1.82) is 0 Å². The predicted octanol–water partition coefficient (Wildman–Crippen LogP) is 2.38. The molecule has 0 spiro atoms. The Morgan fingerprint density at radius 1 is 1.30 bits per heavy atom. The molecule has 1 aromatic rings. The highest BCUT2D eigenvalue weighted by Gasteiger charge is 2.15. The van der Waals surface area contributed by atoms with Crippen LogP contribution in [0.2, 0.25) is 0 Å². The standard InChI is InChI=1S/C9H10S/c1-6-2-3-7-4-5-8(7)9(6)10/h2-3,10H,4-5H2,1H3. The molecule has 0 fully saturated rings. The molecule has 1 aromatic carbocycles. The molecule has 0 amide bonds. The zero-order chi connectivity index (χ0) is 7.14. The SMILES string of the molecule is Cc1ccc2c(c1S)CC2. The Morgan fingerprint density at radius 3 is 2.60 bits per heavy atom. The van der Waals surface area contributed by atoms with Crippen molar-refractivity contribution < 1.29 is 0 Å². The molecule has 0 aliphatic heterocycles. The summed E-state index contributed by atoms with van der Waals surface area (Å²) >= 11 is 4.43. The van der Waals surface area contributed by atoms with Crippen LogP contribution in [0.4, 0.5) is 0 Å². The molecule has 1 aliphatic rings. The van der Waals surface area contributed by atoms with E-state index >= 15 is 0 Å². The second kappa shape index (κ2) is 2.03. The molecule has 0 saturated carbocycles. The maximum Gasteiger partial charge on any atom is 0.0104 e. The fraction of sp³-hybridized carbons (Fsp3) is 0.333. The van der Waals surface area contributed by atoms with E-state index in [1.54, 1.807) is 0 Å². The van der Waals surface area contributed by atoms with Crippen LogP contribution in [0.15, 0.2) is 17.0 Å². The van der Waals surface area contributed by atoms with Gasteiger partial charge in [-0.1, -0.05) is 12.1 Å². The first-order valence-electron chi connectivity index (χ1n) is 3.59. The van der Waals surface area contributed by atoms with Crippen LogP contribution < -0.4 is 0 Å². The van der Waals surface area contributed by atoms with Gasteiger partial charge < -0.3 is 0 Å². The van der Waals surface area contributed by atoms with Crippen LogP contribution in [-0.4, -0.2) is 0 Å². The number of hydrogen-bond donors (Lipinski definition) is 1. The third-order valence-electron chi connectivity index (χ3n) is 2.23. The minimum Gasteiger partial charge on any atom is -0.143 e. The quantitative estimate of drug-likeness (QED) is 0.539. The Kier molecular flexibility index (Phi) is 1.27. The van der Waals surface area contributed by atoms with Crippen LogP contribution in [0.1, 0.15) is 16.7 Å². The maximum absolute atomic E-state index is 4.43. The van der Waals surface area contributed by atoms with Gasteiger partial charge in [0.2, 0.25) is 0 Å². The molecular weight excluding hydrogens is 140 g/mol. The molecule has 1 heteroatoms. The van der Waals surface area contributed by atoms with Gasteiger partial charge in [-0.2, -0.15) is 0 Å². The summed E-state index contributed by atoms with van der Waals surface area (Å²) in [7, 11) is 0. The summed E-state index contributed by atoms with van der Waals surface area (Å²) in [4.78, 5) is 1.21. The van der Waals surface area contributed by atoms with Gasteiger partial charge in [-0.25, -0.2) is 0 Å². The van der Waals surface area contributed by atoms with Gasteiger partial charge in [-0.05, 0) is 36.5 Å². The van der Waals surface area contributed by atoms with Crippen molar-refractivity contribution >= 4 is 12.6 Å². The molecule has 10 heavy (non-hydrogen) atoms. The van der Waals surface area contributed by atoms with Crippen LogP contribution in [0.25, 0.3) is 0 Å². The van der Waals surface area contributed by atoms with Gasteiger partial charge >= 0.3 is 0 Å². The normalized spacial score (nSPS) is 14.2. The third-order valence-corrected chi connectivity index (χ3v) is 2.85.